The van der Waals surface area contributed by atoms with Crippen LogP contribution in [0.15, 0.2) is 6.20 Å². The zero-order valence-electron chi connectivity index (χ0n) is 13.6. The number of imidazole rings is 1. The number of aromatic nitrogens is 2. The molecule has 3 heterocycles. The third-order valence-corrected chi connectivity index (χ3v) is 4.74. The molecule has 9 heteroatoms. The Hall–Kier alpha value is -1.61. The maximum absolute atomic E-state index is 12.7. The number of nitrogens with zero attached hydrogens (tertiary/aromatic N) is 4. The molecule has 1 fully saturated rings. The Bertz CT molecular complexity index is 594. The van der Waals surface area contributed by atoms with E-state index in [2.05, 4.69) is 4.98 Å². The number of hydrogen-bond donors (Lipinski definition) is 0. The molecule has 0 N–H and O–H groups in total. The summed E-state index contributed by atoms with van der Waals surface area (Å²) >= 11 is 0. The van der Waals surface area contributed by atoms with Crippen molar-refractivity contribution in [3.05, 3.63) is 17.7 Å². The van der Waals surface area contributed by atoms with Crippen molar-refractivity contribution in [3.8, 4) is 0 Å². The Balaban J connectivity index is 1.57. The average Bonchev–Trinajstić information content (AvgIpc) is 2.99. The van der Waals surface area contributed by atoms with Crippen LogP contribution in [0.3, 0.4) is 0 Å². The van der Waals surface area contributed by atoms with Crippen LogP contribution in [0.2, 0.25) is 0 Å². The molecule has 0 aromatic carbocycles. The van der Waals surface area contributed by atoms with Crippen LogP contribution in [0.1, 0.15) is 30.8 Å². The van der Waals surface area contributed by atoms with Crippen LogP contribution in [0.25, 0.3) is 0 Å². The van der Waals surface area contributed by atoms with E-state index in [4.69, 9.17) is 4.84 Å². The molecule has 0 aliphatic carbocycles. The highest BCUT2D eigenvalue weighted by Gasteiger charge is 2.36. The van der Waals surface area contributed by atoms with Crippen LogP contribution in [0.4, 0.5) is 13.2 Å². The van der Waals surface area contributed by atoms with Gasteiger partial charge in [-0.1, -0.05) is 0 Å². The van der Waals surface area contributed by atoms with Gasteiger partial charge in [-0.15, -0.1) is 0 Å². The molecule has 0 bridgehead atoms. The van der Waals surface area contributed by atoms with Crippen LogP contribution in [0.5, 0.6) is 0 Å². The van der Waals surface area contributed by atoms with Gasteiger partial charge in [0.25, 0.3) is 0 Å². The van der Waals surface area contributed by atoms with E-state index in [0.29, 0.717) is 31.3 Å². The quantitative estimate of drug-likeness (QED) is 0.839. The molecule has 0 atom stereocenters. The molecular weight excluding hydrogens is 325 g/mol. The maximum atomic E-state index is 12.7. The summed E-state index contributed by atoms with van der Waals surface area (Å²) in [6.45, 7) is 2.52. The van der Waals surface area contributed by atoms with Gasteiger partial charge in [0.2, 0.25) is 5.91 Å². The molecule has 24 heavy (non-hydrogen) atoms. The summed E-state index contributed by atoms with van der Waals surface area (Å²) in [7, 11) is 1.64. The van der Waals surface area contributed by atoms with Crippen molar-refractivity contribution in [1.82, 2.24) is 19.5 Å². The van der Waals surface area contributed by atoms with Crippen LogP contribution in [-0.4, -0.2) is 52.2 Å². The molecule has 2 aliphatic heterocycles. The van der Waals surface area contributed by atoms with Gasteiger partial charge in [0.05, 0.1) is 13.7 Å². The number of rotatable bonds is 3. The SMILES string of the molecule is CON1CCC(CC(=O)N2CCn3cc(C(F)(F)F)nc3C2)CC1. The highest BCUT2D eigenvalue weighted by molar-refractivity contribution is 5.76. The number of amides is 1. The van der Waals surface area contributed by atoms with Gasteiger partial charge in [-0.2, -0.15) is 18.2 Å². The lowest BCUT2D eigenvalue weighted by Crippen LogP contribution is -2.40. The van der Waals surface area contributed by atoms with Gasteiger partial charge in [-0.25, -0.2) is 4.98 Å². The molecule has 0 radical (unpaired) electrons. The van der Waals surface area contributed by atoms with Crippen molar-refractivity contribution in [2.45, 2.75) is 38.5 Å². The zero-order chi connectivity index (χ0) is 17.3. The van der Waals surface area contributed by atoms with Gasteiger partial charge in [-0.05, 0) is 18.8 Å². The molecule has 3 rings (SSSR count). The van der Waals surface area contributed by atoms with E-state index < -0.39 is 11.9 Å². The van der Waals surface area contributed by atoms with Crippen molar-refractivity contribution in [2.24, 2.45) is 5.92 Å². The number of hydrogen-bond acceptors (Lipinski definition) is 4. The van der Waals surface area contributed by atoms with Crippen LogP contribution >= 0.6 is 0 Å². The van der Waals surface area contributed by atoms with Crippen molar-refractivity contribution < 1.29 is 22.8 Å². The fraction of sp³-hybridized carbons (Fsp3) is 0.733. The Morgan fingerprint density at radius 3 is 2.62 bits per heavy atom. The number of piperidine rings is 1. The second kappa shape index (κ2) is 6.72. The smallest absolute Gasteiger partial charge is 0.333 e. The Morgan fingerprint density at radius 2 is 2.00 bits per heavy atom. The molecule has 134 valence electrons. The fourth-order valence-electron chi connectivity index (χ4n) is 3.27. The minimum atomic E-state index is -4.45. The predicted octanol–water partition coefficient (Wildman–Crippen LogP) is 1.91. The number of alkyl halides is 3. The number of carbonyl (C=O) groups is 1. The first-order valence-corrected chi connectivity index (χ1v) is 8.07. The van der Waals surface area contributed by atoms with E-state index in [1.54, 1.807) is 12.0 Å². The minimum absolute atomic E-state index is 0.00586. The molecule has 1 amide bonds. The zero-order valence-corrected chi connectivity index (χ0v) is 13.6. The summed E-state index contributed by atoms with van der Waals surface area (Å²) < 4.78 is 39.7. The third-order valence-electron chi connectivity index (χ3n) is 4.74. The van der Waals surface area contributed by atoms with E-state index in [-0.39, 0.29) is 12.5 Å². The third kappa shape index (κ3) is 3.72. The predicted molar refractivity (Wildman–Crippen MR) is 78.6 cm³/mol. The highest BCUT2D eigenvalue weighted by Crippen LogP contribution is 2.29. The number of carbonyl (C=O) groups excluding carboxylic acids is 1. The van der Waals surface area contributed by atoms with E-state index >= 15 is 0 Å². The topological polar surface area (TPSA) is 50.6 Å². The van der Waals surface area contributed by atoms with Gasteiger partial charge in [0.15, 0.2) is 5.69 Å². The van der Waals surface area contributed by atoms with Crippen molar-refractivity contribution in [3.63, 3.8) is 0 Å². The lowest BCUT2D eigenvalue weighted by atomic mass is 9.94. The first-order chi connectivity index (χ1) is 11.4. The number of halogens is 3. The van der Waals surface area contributed by atoms with Gasteiger partial charge in [0.1, 0.15) is 5.82 Å². The maximum Gasteiger partial charge on any atom is 0.434 e. The molecule has 0 saturated carbocycles. The largest absolute Gasteiger partial charge is 0.434 e. The first kappa shape index (κ1) is 17.2. The standard InChI is InChI=1S/C15H21F3N4O2/c1-24-22-4-2-11(3-5-22)8-14(23)21-7-6-20-9-12(15(16,17)18)19-13(20)10-21/h9,11H,2-8,10H2,1H3. The Labute approximate surface area is 138 Å². The molecule has 1 aromatic heterocycles. The van der Waals surface area contributed by atoms with Crippen LogP contribution in [-0.2, 0) is 28.9 Å². The lowest BCUT2D eigenvalue weighted by molar-refractivity contribution is -0.151. The summed E-state index contributed by atoms with van der Waals surface area (Å²) in [5.74, 6) is 0.598. The molecule has 1 saturated heterocycles. The summed E-state index contributed by atoms with van der Waals surface area (Å²) in [5.41, 5.74) is -0.890. The fourth-order valence-corrected chi connectivity index (χ4v) is 3.27. The number of hydroxylamine groups is 2. The van der Waals surface area contributed by atoms with Crippen molar-refractivity contribution in [2.75, 3.05) is 26.7 Å². The van der Waals surface area contributed by atoms with E-state index in [1.807, 2.05) is 5.06 Å². The Kier molecular flexibility index (Phi) is 4.82. The molecule has 0 spiro atoms. The van der Waals surface area contributed by atoms with E-state index in [9.17, 15) is 18.0 Å². The molecular formula is C15H21F3N4O2. The summed E-state index contributed by atoms with van der Waals surface area (Å²) in [6.07, 6.45) is -1.21. The molecule has 1 aromatic rings. The lowest BCUT2D eigenvalue weighted by Gasteiger charge is -2.32. The van der Waals surface area contributed by atoms with Crippen LogP contribution < -0.4 is 0 Å². The first-order valence-electron chi connectivity index (χ1n) is 8.07. The summed E-state index contributed by atoms with van der Waals surface area (Å²) in [5, 5.41) is 1.87. The molecule has 0 unspecified atom stereocenters. The summed E-state index contributed by atoms with van der Waals surface area (Å²) in [4.78, 5) is 22.9. The molecule has 6 nitrogen and oxygen atoms in total. The van der Waals surface area contributed by atoms with E-state index in [1.165, 1.54) is 4.57 Å². The minimum Gasteiger partial charge on any atom is -0.333 e. The molecule has 2 aliphatic rings. The monoisotopic (exact) mass is 346 g/mol. The highest BCUT2D eigenvalue weighted by atomic mass is 19.4. The average molecular weight is 346 g/mol. The van der Waals surface area contributed by atoms with Crippen molar-refractivity contribution >= 4 is 5.91 Å². The van der Waals surface area contributed by atoms with Gasteiger partial charge in [0, 0.05) is 38.8 Å². The van der Waals surface area contributed by atoms with Gasteiger partial charge < -0.3 is 14.3 Å². The van der Waals surface area contributed by atoms with Crippen LogP contribution in [0, 0.1) is 5.92 Å². The summed E-state index contributed by atoms with van der Waals surface area (Å²) in [6, 6.07) is 0. The number of fused-ring (bicyclic) bond motifs is 1. The van der Waals surface area contributed by atoms with Crippen molar-refractivity contribution in [1.29, 1.82) is 0 Å². The normalized spacial score (nSPS) is 20.2. The Morgan fingerprint density at radius 1 is 1.29 bits per heavy atom. The van der Waals surface area contributed by atoms with E-state index in [0.717, 1.165) is 32.1 Å². The van der Waals surface area contributed by atoms with Gasteiger partial charge >= 0.3 is 6.18 Å². The second-order valence-corrected chi connectivity index (χ2v) is 6.31. The second-order valence-electron chi connectivity index (χ2n) is 6.31. The van der Waals surface area contributed by atoms with Gasteiger partial charge in [-0.3, -0.25) is 4.79 Å².